The van der Waals surface area contributed by atoms with E-state index >= 15 is 0 Å². The second kappa shape index (κ2) is 2.84. The van der Waals surface area contributed by atoms with Crippen molar-refractivity contribution in [3.63, 3.8) is 0 Å². The molecular weight excluding hydrogens is 128 g/mol. The van der Waals surface area contributed by atoms with Crippen LogP contribution in [0.3, 0.4) is 0 Å². The van der Waals surface area contributed by atoms with Gasteiger partial charge in [0.2, 0.25) is 0 Å². The minimum absolute atomic E-state index is 0.417. The molecule has 1 atom stereocenters. The van der Waals surface area contributed by atoms with Gasteiger partial charge in [0, 0.05) is 19.4 Å². The van der Waals surface area contributed by atoms with Crippen LogP contribution in [0.25, 0.3) is 0 Å². The van der Waals surface area contributed by atoms with Crippen molar-refractivity contribution < 1.29 is 5.11 Å². The van der Waals surface area contributed by atoms with Gasteiger partial charge in [-0.3, -0.25) is 0 Å². The average Bonchev–Trinajstić information content (AvgIpc) is 2.34. The normalized spacial score (nSPS) is 13.5. The fraction of sp³-hybridized carbons (Fsp3) is 0.571. The summed E-state index contributed by atoms with van der Waals surface area (Å²) in [4.78, 5) is 4.00. The number of aromatic nitrogens is 2. The third-order valence-corrected chi connectivity index (χ3v) is 1.54. The topological polar surface area (TPSA) is 38.1 Å². The monoisotopic (exact) mass is 140 g/mol. The maximum Gasteiger partial charge on any atom is 0.137 e. The Hall–Kier alpha value is -0.830. The fourth-order valence-electron chi connectivity index (χ4n) is 0.881. The van der Waals surface area contributed by atoms with Crippen LogP contribution in [0, 0.1) is 0 Å². The van der Waals surface area contributed by atoms with Gasteiger partial charge in [0.25, 0.3) is 0 Å². The molecular formula is C7H12N2O. The van der Waals surface area contributed by atoms with Crippen molar-refractivity contribution in [3.05, 3.63) is 18.2 Å². The summed E-state index contributed by atoms with van der Waals surface area (Å²) in [6.07, 6.45) is 3.81. The van der Waals surface area contributed by atoms with E-state index in [4.69, 9.17) is 0 Å². The minimum atomic E-state index is -0.417. The van der Waals surface area contributed by atoms with E-state index in [2.05, 4.69) is 4.98 Å². The first-order valence-corrected chi connectivity index (χ1v) is 3.41. The number of nitrogens with zero attached hydrogens (tertiary/aromatic N) is 2. The van der Waals surface area contributed by atoms with Crippen LogP contribution in [0.2, 0.25) is 0 Å². The molecule has 1 rings (SSSR count). The van der Waals surface area contributed by atoms with E-state index in [0.29, 0.717) is 6.42 Å². The summed E-state index contributed by atoms with van der Waals surface area (Å²) < 4.78 is 1.83. The third-order valence-electron chi connectivity index (χ3n) is 1.54. The van der Waals surface area contributed by atoms with Crippen LogP contribution in [0.5, 0.6) is 0 Å². The Bertz CT molecular complexity index is 207. The number of hydrogen-bond acceptors (Lipinski definition) is 2. The van der Waals surface area contributed by atoms with Crippen molar-refractivity contribution in [2.24, 2.45) is 7.05 Å². The predicted octanol–water partition coefficient (Wildman–Crippen LogP) is 0.863. The molecule has 1 aromatic rings. The molecule has 0 spiro atoms. The Morgan fingerprint density at radius 2 is 2.50 bits per heavy atom. The molecule has 0 saturated carbocycles. The van der Waals surface area contributed by atoms with E-state index in [1.54, 1.807) is 6.20 Å². The Morgan fingerprint density at radius 1 is 1.80 bits per heavy atom. The first kappa shape index (κ1) is 7.28. The lowest BCUT2D eigenvalue weighted by Crippen LogP contribution is -2.03. The summed E-state index contributed by atoms with van der Waals surface area (Å²) in [6.45, 7) is 1.93. The molecule has 0 bridgehead atoms. The van der Waals surface area contributed by atoms with Gasteiger partial charge in [-0.2, -0.15) is 0 Å². The van der Waals surface area contributed by atoms with Crippen LogP contribution >= 0.6 is 0 Å². The standard InChI is InChI=1S/C7H12N2O/c1-3-6(10)7-8-4-5-9(7)2/h4-6,10H,3H2,1-2H3/t6-/m1/s1. The van der Waals surface area contributed by atoms with Gasteiger partial charge in [-0.1, -0.05) is 6.92 Å². The summed E-state index contributed by atoms with van der Waals surface area (Å²) in [5, 5.41) is 9.32. The van der Waals surface area contributed by atoms with Crippen LogP contribution < -0.4 is 0 Å². The zero-order valence-corrected chi connectivity index (χ0v) is 6.28. The molecule has 3 heteroatoms. The van der Waals surface area contributed by atoms with Crippen LogP contribution in [0.1, 0.15) is 25.3 Å². The molecule has 0 aromatic carbocycles. The Labute approximate surface area is 60.3 Å². The summed E-state index contributed by atoms with van der Waals surface area (Å²) in [6, 6.07) is 0. The molecule has 1 aromatic heterocycles. The van der Waals surface area contributed by atoms with Crippen molar-refractivity contribution >= 4 is 0 Å². The maximum absolute atomic E-state index is 9.32. The van der Waals surface area contributed by atoms with E-state index in [-0.39, 0.29) is 0 Å². The predicted molar refractivity (Wildman–Crippen MR) is 38.5 cm³/mol. The van der Waals surface area contributed by atoms with Gasteiger partial charge < -0.3 is 9.67 Å². The first-order valence-electron chi connectivity index (χ1n) is 3.41. The number of aliphatic hydroxyl groups is 1. The number of hydrogen-bond donors (Lipinski definition) is 1. The number of aliphatic hydroxyl groups excluding tert-OH is 1. The fourth-order valence-corrected chi connectivity index (χ4v) is 0.881. The second-order valence-corrected chi connectivity index (χ2v) is 2.32. The van der Waals surface area contributed by atoms with E-state index in [1.165, 1.54) is 0 Å². The molecule has 1 N–H and O–H groups in total. The van der Waals surface area contributed by atoms with Crippen LogP contribution in [0.15, 0.2) is 12.4 Å². The highest BCUT2D eigenvalue weighted by Crippen LogP contribution is 2.11. The lowest BCUT2D eigenvalue weighted by molar-refractivity contribution is 0.160. The van der Waals surface area contributed by atoms with Crippen LogP contribution in [-0.2, 0) is 7.05 Å². The number of aryl methyl sites for hydroxylation is 1. The summed E-state index contributed by atoms with van der Waals surface area (Å²) >= 11 is 0. The third kappa shape index (κ3) is 1.19. The van der Waals surface area contributed by atoms with Gasteiger partial charge in [0.05, 0.1) is 0 Å². The Morgan fingerprint density at radius 3 is 2.90 bits per heavy atom. The molecule has 0 aliphatic carbocycles. The van der Waals surface area contributed by atoms with Gasteiger partial charge >= 0.3 is 0 Å². The second-order valence-electron chi connectivity index (χ2n) is 2.32. The molecule has 0 unspecified atom stereocenters. The van der Waals surface area contributed by atoms with Crippen molar-refractivity contribution in [1.29, 1.82) is 0 Å². The lowest BCUT2D eigenvalue weighted by atomic mass is 10.3. The Balaban J connectivity index is 2.82. The quantitative estimate of drug-likeness (QED) is 0.661. The minimum Gasteiger partial charge on any atom is -0.385 e. The first-order chi connectivity index (χ1) is 4.75. The van der Waals surface area contributed by atoms with Gasteiger partial charge in [0.15, 0.2) is 0 Å². The van der Waals surface area contributed by atoms with Crippen molar-refractivity contribution in [2.45, 2.75) is 19.4 Å². The summed E-state index contributed by atoms with van der Waals surface area (Å²) in [7, 11) is 1.88. The van der Waals surface area contributed by atoms with Crippen LogP contribution in [0.4, 0.5) is 0 Å². The van der Waals surface area contributed by atoms with Gasteiger partial charge in [-0.25, -0.2) is 4.98 Å². The number of rotatable bonds is 2. The molecule has 0 aliphatic rings. The van der Waals surface area contributed by atoms with Gasteiger partial charge in [-0.05, 0) is 6.42 Å². The number of imidazole rings is 1. The molecule has 0 radical (unpaired) electrons. The van der Waals surface area contributed by atoms with E-state index in [9.17, 15) is 5.11 Å². The zero-order chi connectivity index (χ0) is 7.56. The molecule has 10 heavy (non-hydrogen) atoms. The Kier molecular flexibility index (Phi) is 2.06. The molecule has 0 amide bonds. The molecule has 1 heterocycles. The van der Waals surface area contributed by atoms with E-state index in [1.807, 2.05) is 24.7 Å². The van der Waals surface area contributed by atoms with Crippen LogP contribution in [-0.4, -0.2) is 14.7 Å². The van der Waals surface area contributed by atoms with Crippen molar-refractivity contribution in [3.8, 4) is 0 Å². The highest BCUT2D eigenvalue weighted by Gasteiger charge is 2.07. The van der Waals surface area contributed by atoms with Gasteiger partial charge in [0.1, 0.15) is 11.9 Å². The van der Waals surface area contributed by atoms with E-state index < -0.39 is 6.10 Å². The lowest BCUT2D eigenvalue weighted by Gasteiger charge is -2.05. The van der Waals surface area contributed by atoms with Crippen molar-refractivity contribution in [2.75, 3.05) is 0 Å². The average molecular weight is 140 g/mol. The molecule has 56 valence electrons. The molecule has 0 aliphatic heterocycles. The molecule has 0 saturated heterocycles. The van der Waals surface area contributed by atoms with Gasteiger partial charge in [-0.15, -0.1) is 0 Å². The SMILES string of the molecule is CC[C@@H](O)c1nccn1C. The summed E-state index contributed by atoms with van der Waals surface area (Å²) in [5.74, 6) is 0.738. The largest absolute Gasteiger partial charge is 0.385 e. The maximum atomic E-state index is 9.32. The smallest absolute Gasteiger partial charge is 0.137 e. The highest BCUT2D eigenvalue weighted by atomic mass is 16.3. The van der Waals surface area contributed by atoms with Crippen molar-refractivity contribution in [1.82, 2.24) is 9.55 Å². The highest BCUT2D eigenvalue weighted by molar-refractivity contribution is 4.94. The molecule has 3 nitrogen and oxygen atoms in total. The molecule has 0 fully saturated rings. The summed E-state index contributed by atoms with van der Waals surface area (Å²) in [5.41, 5.74) is 0. The zero-order valence-electron chi connectivity index (χ0n) is 6.28. The van der Waals surface area contributed by atoms with E-state index in [0.717, 1.165) is 5.82 Å².